The zero-order chi connectivity index (χ0) is 15.5. The number of imidazole rings is 1. The average Bonchev–Trinajstić information content (AvgIpc) is 3.08. The van der Waals surface area contributed by atoms with Crippen molar-refractivity contribution in [3.63, 3.8) is 0 Å². The first-order valence-corrected chi connectivity index (χ1v) is 7.17. The number of rotatable bonds is 5. The van der Waals surface area contributed by atoms with E-state index in [4.69, 9.17) is 0 Å². The predicted molar refractivity (Wildman–Crippen MR) is 82.1 cm³/mol. The lowest BCUT2D eigenvalue weighted by Crippen LogP contribution is -2.38. The Kier molecular flexibility index (Phi) is 3.86. The quantitative estimate of drug-likeness (QED) is 0.766. The van der Waals surface area contributed by atoms with Crippen molar-refractivity contribution in [1.29, 1.82) is 0 Å². The molecule has 1 amide bonds. The van der Waals surface area contributed by atoms with Crippen LogP contribution in [0.3, 0.4) is 0 Å². The van der Waals surface area contributed by atoms with Crippen molar-refractivity contribution >= 4 is 16.9 Å². The van der Waals surface area contributed by atoms with Crippen LogP contribution in [0.25, 0.3) is 11.0 Å². The van der Waals surface area contributed by atoms with Crippen LogP contribution in [0, 0.1) is 6.92 Å². The Morgan fingerprint density at radius 3 is 2.95 bits per heavy atom. The predicted octanol–water partition coefficient (Wildman–Crippen LogP) is 1.14. The number of carbonyl (C=O) groups excluding carboxylic acids is 1. The zero-order valence-corrected chi connectivity index (χ0v) is 12.6. The SMILES string of the molecule is Cc1nc2ccccc2n1CC(=O)N[C@H](C)Cn1cncn1. The second-order valence-electron chi connectivity index (χ2n) is 5.32. The number of hydrogen-bond donors (Lipinski definition) is 1. The van der Waals surface area contributed by atoms with Gasteiger partial charge in [0.15, 0.2) is 0 Å². The molecule has 3 aromatic rings. The second kappa shape index (κ2) is 5.97. The smallest absolute Gasteiger partial charge is 0.240 e. The molecule has 22 heavy (non-hydrogen) atoms. The van der Waals surface area contributed by atoms with Crippen LogP contribution in [0.15, 0.2) is 36.9 Å². The number of amides is 1. The lowest BCUT2D eigenvalue weighted by atomic mass is 10.3. The van der Waals surface area contributed by atoms with E-state index in [1.807, 2.05) is 42.7 Å². The van der Waals surface area contributed by atoms with Crippen LogP contribution in [0.2, 0.25) is 0 Å². The van der Waals surface area contributed by atoms with Crippen LogP contribution in [0.1, 0.15) is 12.7 Å². The third-order valence-electron chi connectivity index (χ3n) is 3.48. The molecule has 1 atom stereocenters. The minimum atomic E-state index is -0.0427. The monoisotopic (exact) mass is 298 g/mol. The number of carbonyl (C=O) groups is 1. The van der Waals surface area contributed by atoms with Crippen LogP contribution in [-0.4, -0.2) is 36.3 Å². The van der Waals surface area contributed by atoms with Gasteiger partial charge < -0.3 is 9.88 Å². The highest BCUT2D eigenvalue weighted by Gasteiger charge is 2.13. The zero-order valence-electron chi connectivity index (χ0n) is 12.6. The Labute approximate surface area is 128 Å². The van der Waals surface area contributed by atoms with E-state index in [0.717, 1.165) is 16.9 Å². The molecule has 0 saturated heterocycles. The van der Waals surface area contributed by atoms with Gasteiger partial charge in [-0.15, -0.1) is 0 Å². The van der Waals surface area contributed by atoms with Gasteiger partial charge in [0, 0.05) is 6.04 Å². The van der Waals surface area contributed by atoms with Gasteiger partial charge in [-0.1, -0.05) is 12.1 Å². The van der Waals surface area contributed by atoms with Gasteiger partial charge in [-0.3, -0.25) is 9.48 Å². The lowest BCUT2D eigenvalue weighted by Gasteiger charge is -2.14. The summed E-state index contributed by atoms with van der Waals surface area (Å²) in [5.41, 5.74) is 1.88. The minimum absolute atomic E-state index is 0.0238. The van der Waals surface area contributed by atoms with Crippen molar-refractivity contribution in [3.05, 3.63) is 42.7 Å². The largest absolute Gasteiger partial charge is 0.350 e. The first-order chi connectivity index (χ1) is 10.6. The molecule has 0 saturated carbocycles. The Balaban J connectivity index is 1.67. The van der Waals surface area contributed by atoms with Gasteiger partial charge in [-0.2, -0.15) is 5.10 Å². The van der Waals surface area contributed by atoms with Crippen molar-refractivity contribution < 1.29 is 4.79 Å². The molecule has 2 heterocycles. The second-order valence-corrected chi connectivity index (χ2v) is 5.32. The van der Waals surface area contributed by atoms with E-state index in [1.165, 1.54) is 6.33 Å². The van der Waals surface area contributed by atoms with E-state index in [9.17, 15) is 4.79 Å². The maximum absolute atomic E-state index is 12.2. The molecule has 0 aliphatic rings. The highest BCUT2D eigenvalue weighted by Crippen LogP contribution is 2.15. The van der Waals surface area contributed by atoms with Gasteiger partial charge in [0.25, 0.3) is 0 Å². The molecule has 0 spiro atoms. The molecule has 7 nitrogen and oxygen atoms in total. The molecule has 2 aromatic heterocycles. The summed E-state index contributed by atoms with van der Waals surface area (Å²) < 4.78 is 3.62. The molecule has 0 radical (unpaired) electrons. The molecule has 3 rings (SSSR count). The van der Waals surface area contributed by atoms with Crippen LogP contribution in [0.4, 0.5) is 0 Å². The van der Waals surface area contributed by atoms with E-state index >= 15 is 0 Å². The van der Waals surface area contributed by atoms with Gasteiger partial charge in [0.1, 0.15) is 25.0 Å². The standard InChI is InChI=1S/C15H18N6O/c1-11(7-20-10-16-9-17-20)18-15(22)8-21-12(2)19-13-5-3-4-6-14(13)21/h3-6,9-11H,7-8H2,1-2H3,(H,18,22)/t11-/m1/s1. The first-order valence-electron chi connectivity index (χ1n) is 7.17. The molecular formula is C15H18N6O. The summed E-state index contributed by atoms with van der Waals surface area (Å²) in [6.07, 6.45) is 3.12. The Morgan fingerprint density at radius 1 is 1.36 bits per heavy atom. The molecule has 1 aromatic carbocycles. The van der Waals surface area contributed by atoms with Crippen LogP contribution in [0.5, 0.6) is 0 Å². The van der Waals surface area contributed by atoms with E-state index in [0.29, 0.717) is 6.54 Å². The highest BCUT2D eigenvalue weighted by molar-refractivity contribution is 5.81. The maximum Gasteiger partial charge on any atom is 0.240 e. The summed E-state index contributed by atoms with van der Waals surface area (Å²) in [5, 5.41) is 7.01. The molecule has 0 aliphatic carbocycles. The topological polar surface area (TPSA) is 77.6 Å². The molecule has 0 bridgehead atoms. The highest BCUT2D eigenvalue weighted by atomic mass is 16.2. The van der Waals surface area contributed by atoms with E-state index in [1.54, 1.807) is 11.0 Å². The van der Waals surface area contributed by atoms with Gasteiger partial charge >= 0.3 is 0 Å². The van der Waals surface area contributed by atoms with Gasteiger partial charge in [0.05, 0.1) is 17.6 Å². The molecule has 114 valence electrons. The number of aryl methyl sites for hydroxylation is 1. The van der Waals surface area contributed by atoms with Gasteiger partial charge in [-0.05, 0) is 26.0 Å². The average molecular weight is 298 g/mol. The first kappa shape index (κ1) is 14.2. The lowest BCUT2D eigenvalue weighted by molar-refractivity contribution is -0.122. The van der Waals surface area contributed by atoms with Gasteiger partial charge in [-0.25, -0.2) is 9.97 Å². The van der Waals surface area contributed by atoms with Crippen molar-refractivity contribution in [1.82, 2.24) is 29.6 Å². The number of fused-ring (bicyclic) bond motifs is 1. The fraction of sp³-hybridized carbons (Fsp3) is 0.333. The number of hydrogen-bond acceptors (Lipinski definition) is 4. The molecule has 0 unspecified atom stereocenters. The molecule has 0 fully saturated rings. The molecule has 0 aliphatic heterocycles. The summed E-state index contributed by atoms with van der Waals surface area (Å²) in [5.74, 6) is 0.791. The number of benzene rings is 1. The van der Waals surface area contributed by atoms with Crippen LogP contribution in [-0.2, 0) is 17.9 Å². The van der Waals surface area contributed by atoms with Gasteiger partial charge in [0.2, 0.25) is 5.91 Å². The normalized spacial score (nSPS) is 12.5. The summed E-state index contributed by atoms with van der Waals surface area (Å²) in [6, 6.07) is 7.79. The third kappa shape index (κ3) is 2.98. The van der Waals surface area contributed by atoms with Crippen molar-refractivity contribution in [2.45, 2.75) is 33.0 Å². The number of para-hydroxylation sites is 2. The van der Waals surface area contributed by atoms with Crippen molar-refractivity contribution in [2.75, 3.05) is 0 Å². The summed E-state index contributed by atoms with van der Waals surface area (Å²) in [6.45, 7) is 4.70. The summed E-state index contributed by atoms with van der Waals surface area (Å²) in [4.78, 5) is 20.6. The van der Waals surface area contributed by atoms with Crippen molar-refractivity contribution in [3.8, 4) is 0 Å². The van der Waals surface area contributed by atoms with Crippen LogP contribution >= 0.6 is 0 Å². The summed E-state index contributed by atoms with van der Waals surface area (Å²) >= 11 is 0. The fourth-order valence-corrected chi connectivity index (χ4v) is 2.51. The maximum atomic E-state index is 12.2. The Bertz CT molecular complexity index is 777. The third-order valence-corrected chi connectivity index (χ3v) is 3.48. The van der Waals surface area contributed by atoms with E-state index < -0.39 is 0 Å². The van der Waals surface area contributed by atoms with E-state index in [2.05, 4.69) is 20.4 Å². The Hall–Kier alpha value is -2.70. The minimum Gasteiger partial charge on any atom is -0.350 e. The van der Waals surface area contributed by atoms with E-state index in [-0.39, 0.29) is 18.5 Å². The number of nitrogens with one attached hydrogen (secondary N) is 1. The number of nitrogens with zero attached hydrogens (tertiary/aromatic N) is 5. The Morgan fingerprint density at radius 2 is 2.18 bits per heavy atom. The molecule has 7 heteroatoms. The van der Waals surface area contributed by atoms with Crippen molar-refractivity contribution in [2.24, 2.45) is 0 Å². The molecular weight excluding hydrogens is 280 g/mol. The number of aromatic nitrogens is 5. The fourth-order valence-electron chi connectivity index (χ4n) is 2.51. The molecule has 1 N–H and O–H groups in total. The van der Waals surface area contributed by atoms with Crippen LogP contribution < -0.4 is 5.32 Å². The summed E-state index contributed by atoms with van der Waals surface area (Å²) in [7, 11) is 0.